The van der Waals surface area contributed by atoms with E-state index >= 15 is 0 Å². The van der Waals surface area contributed by atoms with E-state index in [0.717, 1.165) is 13.1 Å². The summed E-state index contributed by atoms with van der Waals surface area (Å²) in [5, 5.41) is 0. The molecule has 1 aliphatic rings. The van der Waals surface area contributed by atoms with E-state index in [0.29, 0.717) is 6.04 Å². The van der Waals surface area contributed by atoms with Crippen LogP contribution < -0.4 is 5.73 Å². The molecule has 1 aliphatic heterocycles. The fraction of sp³-hybridized carbons (Fsp3) is 0.600. The van der Waals surface area contributed by atoms with Crippen LogP contribution in [0, 0.1) is 13.8 Å². The molecule has 0 radical (unpaired) electrons. The highest BCUT2D eigenvalue weighted by atomic mass is 15.2. The summed E-state index contributed by atoms with van der Waals surface area (Å²) in [5.41, 5.74) is 10.1. The van der Waals surface area contributed by atoms with Gasteiger partial charge in [-0.2, -0.15) is 0 Å². The molecule has 17 heavy (non-hydrogen) atoms. The molecule has 2 rings (SSSR count). The molecule has 1 fully saturated rings. The van der Waals surface area contributed by atoms with Gasteiger partial charge in [-0.3, -0.25) is 4.90 Å². The lowest BCUT2D eigenvalue weighted by Gasteiger charge is -2.35. The lowest BCUT2D eigenvalue weighted by atomic mass is 9.99. The standard InChI is InChI=1S/C15H24N2/c1-12-6-7-14(13(2)9-12)11-17-8-4-3-5-15(17)10-16/h6-7,9,15H,3-5,8,10-11,16H2,1-2H3. The van der Waals surface area contributed by atoms with E-state index in [1.165, 1.54) is 42.5 Å². The first-order chi connectivity index (χ1) is 8.20. The van der Waals surface area contributed by atoms with Gasteiger partial charge in [-0.1, -0.05) is 30.2 Å². The van der Waals surface area contributed by atoms with Crippen LogP contribution in [0.25, 0.3) is 0 Å². The molecular formula is C15H24N2. The average molecular weight is 232 g/mol. The Morgan fingerprint density at radius 3 is 2.82 bits per heavy atom. The summed E-state index contributed by atoms with van der Waals surface area (Å²) < 4.78 is 0. The predicted octanol–water partition coefficient (Wildman–Crippen LogP) is 2.62. The van der Waals surface area contributed by atoms with E-state index in [1.54, 1.807) is 0 Å². The third-order valence-corrected chi connectivity index (χ3v) is 3.89. The lowest BCUT2D eigenvalue weighted by Crippen LogP contribution is -2.43. The Hall–Kier alpha value is -0.860. The third kappa shape index (κ3) is 3.08. The quantitative estimate of drug-likeness (QED) is 0.868. The van der Waals surface area contributed by atoms with E-state index in [4.69, 9.17) is 5.73 Å². The zero-order valence-electron chi connectivity index (χ0n) is 11.1. The van der Waals surface area contributed by atoms with Gasteiger partial charge in [0, 0.05) is 19.1 Å². The number of rotatable bonds is 3. The van der Waals surface area contributed by atoms with E-state index in [2.05, 4.69) is 36.9 Å². The van der Waals surface area contributed by atoms with Gasteiger partial charge in [0.2, 0.25) is 0 Å². The topological polar surface area (TPSA) is 29.3 Å². The van der Waals surface area contributed by atoms with Crippen LogP contribution in [-0.2, 0) is 6.54 Å². The average Bonchev–Trinajstić information content (AvgIpc) is 2.33. The molecule has 1 aromatic rings. The molecule has 0 bridgehead atoms. The summed E-state index contributed by atoms with van der Waals surface area (Å²) >= 11 is 0. The predicted molar refractivity (Wildman–Crippen MR) is 73.0 cm³/mol. The second kappa shape index (κ2) is 5.65. The number of nitrogens with zero attached hydrogens (tertiary/aromatic N) is 1. The molecule has 1 saturated heterocycles. The Morgan fingerprint density at radius 2 is 2.12 bits per heavy atom. The van der Waals surface area contributed by atoms with Crippen LogP contribution in [0.4, 0.5) is 0 Å². The van der Waals surface area contributed by atoms with Gasteiger partial charge in [0.05, 0.1) is 0 Å². The normalized spacial score (nSPS) is 21.7. The van der Waals surface area contributed by atoms with Crippen LogP contribution in [0.1, 0.15) is 36.0 Å². The highest BCUT2D eigenvalue weighted by Gasteiger charge is 2.21. The number of likely N-dealkylation sites (tertiary alicyclic amines) is 1. The molecule has 0 saturated carbocycles. The zero-order valence-corrected chi connectivity index (χ0v) is 11.1. The summed E-state index contributed by atoms with van der Waals surface area (Å²) in [5.74, 6) is 0. The Morgan fingerprint density at radius 1 is 1.29 bits per heavy atom. The van der Waals surface area contributed by atoms with Gasteiger partial charge in [-0.25, -0.2) is 0 Å². The Balaban J connectivity index is 2.08. The van der Waals surface area contributed by atoms with Crippen molar-refractivity contribution in [3.05, 3.63) is 34.9 Å². The first kappa shape index (κ1) is 12.6. The zero-order chi connectivity index (χ0) is 12.3. The Labute approximate surface area is 105 Å². The summed E-state index contributed by atoms with van der Waals surface area (Å²) in [6.45, 7) is 7.43. The highest BCUT2D eigenvalue weighted by molar-refractivity contribution is 5.30. The van der Waals surface area contributed by atoms with Gasteiger partial charge >= 0.3 is 0 Å². The van der Waals surface area contributed by atoms with Crippen molar-refractivity contribution < 1.29 is 0 Å². The van der Waals surface area contributed by atoms with Crippen LogP contribution in [0.3, 0.4) is 0 Å². The van der Waals surface area contributed by atoms with Crippen molar-refractivity contribution in [3.63, 3.8) is 0 Å². The molecular weight excluding hydrogens is 208 g/mol. The van der Waals surface area contributed by atoms with Crippen molar-refractivity contribution in [3.8, 4) is 0 Å². The van der Waals surface area contributed by atoms with Crippen molar-refractivity contribution >= 4 is 0 Å². The van der Waals surface area contributed by atoms with Crippen LogP contribution in [0.15, 0.2) is 18.2 Å². The molecule has 1 unspecified atom stereocenters. The smallest absolute Gasteiger partial charge is 0.0239 e. The molecule has 1 heterocycles. The Bertz CT molecular complexity index is 373. The third-order valence-electron chi connectivity index (χ3n) is 3.89. The van der Waals surface area contributed by atoms with Crippen LogP contribution >= 0.6 is 0 Å². The number of hydrogen-bond donors (Lipinski definition) is 1. The number of nitrogens with two attached hydrogens (primary N) is 1. The first-order valence-corrected chi connectivity index (χ1v) is 6.71. The van der Waals surface area contributed by atoms with Gasteiger partial charge in [-0.15, -0.1) is 0 Å². The Kier molecular flexibility index (Phi) is 4.19. The van der Waals surface area contributed by atoms with Crippen molar-refractivity contribution in [2.45, 2.75) is 45.7 Å². The minimum Gasteiger partial charge on any atom is -0.329 e. The number of aryl methyl sites for hydroxylation is 2. The number of benzene rings is 1. The largest absolute Gasteiger partial charge is 0.329 e. The van der Waals surface area contributed by atoms with Crippen molar-refractivity contribution in [1.82, 2.24) is 4.90 Å². The molecule has 0 aliphatic carbocycles. The SMILES string of the molecule is Cc1ccc(CN2CCCCC2CN)c(C)c1. The van der Waals surface area contributed by atoms with Crippen LogP contribution in [0.2, 0.25) is 0 Å². The lowest BCUT2D eigenvalue weighted by molar-refractivity contribution is 0.144. The molecule has 0 aromatic heterocycles. The fourth-order valence-electron chi connectivity index (χ4n) is 2.78. The minimum absolute atomic E-state index is 0.587. The minimum atomic E-state index is 0.587. The van der Waals surface area contributed by atoms with Crippen LogP contribution in [-0.4, -0.2) is 24.0 Å². The summed E-state index contributed by atoms with van der Waals surface area (Å²) in [7, 11) is 0. The summed E-state index contributed by atoms with van der Waals surface area (Å²) in [6, 6.07) is 7.34. The molecule has 94 valence electrons. The highest BCUT2D eigenvalue weighted by Crippen LogP contribution is 2.20. The number of piperidine rings is 1. The van der Waals surface area contributed by atoms with Gasteiger partial charge in [-0.05, 0) is 44.4 Å². The summed E-state index contributed by atoms with van der Waals surface area (Å²) in [6.07, 6.45) is 3.92. The molecule has 0 amide bonds. The van der Waals surface area contributed by atoms with Gasteiger partial charge in [0.15, 0.2) is 0 Å². The van der Waals surface area contributed by atoms with E-state index in [9.17, 15) is 0 Å². The molecule has 2 heteroatoms. The second-order valence-corrected chi connectivity index (χ2v) is 5.29. The van der Waals surface area contributed by atoms with Crippen molar-refractivity contribution in [1.29, 1.82) is 0 Å². The van der Waals surface area contributed by atoms with E-state index in [1.807, 2.05) is 0 Å². The molecule has 1 atom stereocenters. The molecule has 2 nitrogen and oxygen atoms in total. The van der Waals surface area contributed by atoms with E-state index in [-0.39, 0.29) is 0 Å². The first-order valence-electron chi connectivity index (χ1n) is 6.71. The van der Waals surface area contributed by atoms with Crippen molar-refractivity contribution in [2.24, 2.45) is 5.73 Å². The second-order valence-electron chi connectivity index (χ2n) is 5.29. The monoisotopic (exact) mass is 232 g/mol. The molecule has 2 N–H and O–H groups in total. The van der Waals surface area contributed by atoms with Gasteiger partial charge < -0.3 is 5.73 Å². The van der Waals surface area contributed by atoms with Crippen molar-refractivity contribution in [2.75, 3.05) is 13.1 Å². The maximum absolute atomic E-state index is 5.87. The fourth-order valence-corrected chi connectivity index (χ4v) is 2.78. The van der Waals surface area contributed by atoms with Gasteiger partial charge in [0.1, 0.15) is 0 Å². The maximum Gasteiger partial charge on any atom is 0.0239 e. The molecule has 0 spiro atoms. The number of hydrogen-bond acceptors (Lipinski definition) is 2. The van der Waals surface area contributed by atoms with Crippen LogP contribution in [0.5, 0.6) is 0 Å². The van der Waals surface area contributed by atoms with E-state index < -0.39 is 0 Å². The maximum atomic E-state index is 5.87. The summed E-state index contributed by atoms with van der Waals surface area (Å²) in [4.78, 5) is 2.56. The van der Waals surface area contributed by atoms with Gasteiger partial charge in [0.25, 0.3) is 0 Å². The molecule has 1 aromatic carbocycles.